The molecular weight excluding hydrogens is 284 g/mol. The Balaban J connectivity index is 1.83. The molecule has 1 saturated heterocycles. The number of likely N-dealkylation sites (tertiary alicyclic amines) is 1. The molecule has 1 aliphatic heterocycles. The van der Waals surface area contributed by atoms with Crippen LogP contribution in [0.4, 0.5) is 0 Å². The molecule has 0 aliphatic carbocycles. The van der Waals surface area contributed by atoms with Crippen molar-refractivity contribution < 1.29 is 20.4 Å². The van der Waals surface area contributed by atoms with Crippen LogP contribution in [0.2, 0.25) is 0 Å². The summed E-state index contributed by atoms with van der Waals surface area (Å²) in [6, 6.07) is 9.10. The van der Waals surface area contributed by atoms with E-state index in [1.165, 1.54) is 0 Å². The third-order valence-electron chi connectivity index (χ3n) is 4.27. The van der Waals surface area contributed by atoms with Crippen molar-refractivity contribution in [1.82, 2.24) is 9.88 Å². The molecule has 1 aromatic heterocycles. The Kier molecular flexibility index (Phi) is 4.37. The summed E-state index contributed by atoms with van der Waals surface area (Å²) >= 11 is 0. The van der Waals surface area contributed by atoms with Crippen molar-refractivity contribution in [3.05, 3.63) is 42.1 Å². The van der Waals surface area contributed by atoms with Crippen LogP contribution >= 0.6 is 0 Å². The van der Waals surface area contributed by atoms with E-state index < -0.39 is 24.4 Å². The second-order valence-electron chi connectivity index (χ2n) is 5.76. The van der Waals surface area contributed by atoms with Gasteiger partial charge in [-0.2, -0.15) is 0 Å². The van der Waals surface area contributed by atoms with Crippen molar-refractivity contribution in [3.8, 4) is 0 Å². The fourth-order valence-electron chi connectivity index (χ4n) is 3.02. The van der Waals surface area contributed by atoms with Gasteiger partial charge in [-0.05, 0) is 23.8 Å². The number of rotatable bonds is 3. The molecule has 6 nitrogen and oxygen atoms in total. The first-order valence-electron chi connectivity index (χ1n) is 7.33. The Morgan fingerprint density at radius 1 is 1.14 bits per heavy atom. The van der Waals surface area contributed by atoms with Gasteiger partial charge in [0.15, 0.2) is 0 Å². The second-order valence-corrected chi connectivity index (χ2v) is 5.76. The van der Waals surface area contributed by atoms with Gasteiger partial charge >= 0.3 is 0 Å². The average Bonchev–Trinajstić information content (AvgIpc) is 2.53. The van der Waals surface area contributed by atoms with Gasteiger partial charge in [-0.1, -0.05) is 12.1 Å². The molecule has 118 valence electrons. The van der Waals surface area contributed by atoms with Gasteiger partial charge in [-0.15, -0.1) is 0 Å². The average molecular weight is 304 g/mol. The Morgan fingerprint density at radius 3 is 2.73 bits per heavy atom. The number of hydrogen-bond acceptors (Lipinski definition) is 6. The summed E-state index contributed by atoms with van der Waals surface area (Å²) in [5.74, 6) is 0. The lowest BCUT2D eigenvalue weighted by atomic mass is 9.93. The number of nitrogens with zero attached hydrogens (tertiary/aromatic N) is 2. The molecule has 4 N–H and O–H groups in total. The highest BCUT2D eigenvalue weighted by atomic mass is 16.4. The summed E-state index contributed by atoms with van der Waals surface area (Å²) in [7, 11) is 0. The van der Waals surface area contributed by atoms with Gasteiger partial charge in [-0.25, -0.2) is 0 Å². The van der Waals surface area contributed by atoms with Crippen LogP contribution in [0.1, 0.15) is 5.56 Å². The maximum atomic E-state index is 10.0. The van der Waals surface area contributed by atoms with E-state index in [9.17, 15) is 20.4 Å². The number of β-amino-alcohol motifs (C(OH)–C–C–N with tert-alkyl or cyclic N) is 1. The van der Waals surface area contributed by atoms with Crippen LogP contribution in [0, 0.1) is 0 Å². The number of aromatic nitrogens is 1. The van der Waals surface area contributed by atoms with Gasteiger partial charge in [0.05, 0.1) is 24.3 Å². The Morgan fingerprint density at radius 2 is 1.95 bits per heavy atom. The molecule has 2 heterocycles. The van der Waals surface area contributed by atoms with Crippen LogP contribution in [0.3, 0.4) is 0 Å². The number of aliphatic hydroxyl groups is 4. The number of fused-ring (bicyclic) bond motifs is 1. The molecule has 1 aliphatic rings. The molecule has 3 rings (SSSR count). The van der Waals surface area contributed by atoms with Crippen molar-refractivity contribution >= 4 is 10.9 Å². The molecule has 0 amide bonds. The van der Waals surface area contributed by atoms with Crippen molar-refractivity contribution in [2.24, 2.45) is 0 Å². The Hall–Kier alpha value is -1.57. The number of hydrogen-bond donors (Lipinski definition) is 4. The van der Waals surface area contributed by atoms with Crippen LogP contribution in [0.15, 0.2) is 36.5 Å². The first-order valence-corrected chi connectivity index (χ1v) is 7.33. The zero-order chi connectivity index (χ0) is 15.7. The molecule has 4 atom stereocenters. The molecule has 22 heavy (non-hydrogen) atoms. The van der Waals surface area contributed by atoms with Gasteiger partial charge < -0.3 is 20.4 Å². The molecule has 0 radical (unpaired) electrons. The molecule has 0 bridgehead atoms. The van der Waals surface area contributed by atoms with Crippen molar-refractivity contribution in [2.75, 3.05) is 13.2 Å². The maximum Gasteiger partial charge on any atom is 0.109 e. The highest BCUT2D eigenvalue weighted by Gasteiger charge is 2.40. The van der Waals surface area contributed by atoms with E-state index >= 15 is 0 Å². The highest BCUT2D eigenvalue weighted by Crippen LogP contribution is 2.22. The van der Waals surface area contributed by atoms with E-state index in [2.05, 4.69) is 4.98 Å². The summed E-state index contributed by atoms with van der Waals surface area (Å²) in [6.07, 6.45) is -1.69. The van der Waals surface area contributed by atoms with Crippen LogP contribution < -0.4 is 0 Å². The molecule has 0 spiro atoms. The first kappa shape index (κ1) is 15.3. The number of piperidine rings is 1. The van der Waals surface area contributed by atoms with Crippen LogP contribution in [-0.4, -0.2) is 67.8 Å². The molecule has 0 unspecified atom stereocenters. The van der Waals surface area contributed by atoms with Gasteiger partial charge in [0.2, 0.25) is 0 Å². The minimum absolute atomic E-state index is 0.203. The van der Waals surface area contributed by atoms with Gasteiger partial charge in [-0.3, -0.25) is 9.88 Å². The van der Waals surface area contributed by atoms with Crippen molar-refractivity contribution in [1.29, 1.82) is 0 Å². The molecule has 2 aromatic rings. The van der Waals surface area contributed by atoms with Crippen molar-refractivity contribution in [2.45, 2.75) is 30.9 Å². The predicted octanol–water partition coefficient (Wildman–Crippen LogP) is -0.506. The largest absolute Gasteiger partial charge is 0.395 e. The zero-order valence-electron chi connectivity index (χ0n) is 12.1. The third kappa shape index (κ3) is 2.84. The Labute approximate surface area is 128 Å². The van der Waals surface area contributed by atoms with E-state index in [4.69, 9.17) is 0 Å². The topological polar surface area (TPSA) is 97.0 Å². The van der Waals surface area contributed by atoms with E-state index in [1.54, 1.807) is 11.1 Å². The molecule has 1 fully saturated rings. The molecular formula is C16H20N2O4. The standard InChI is InChI=1S/C16H20N2O4/c19-9-13-15(21)16(22)14(20)8-18(13)7-10-3-4-12-11(6-10)2-1-5-17-12/h1-6,13-16,19-22H,7-9H2/t13-,14-,15+,16+/m0/s1. The number of benzene rings is 1. The minimum Gasteiger partial charge on any atom is -0.395 e. The molecule has 1 aromatic carbocycles. The first-order chi connectivity index (χ1) is 10.6. The smallest absolute Gasteiger partial charge is 0.109 e. The summed E-state index contributed by atoms with van der Waals surface area (Å²) in [5, 5.41) is 40.1. The third-order valence-corrected chi connectivity index (χ3v) is 4.27. The Bertz CT molecular complexity index is 651. The van der Waals surface area contributed by atoms with Crippen LogP contribution in [0.25, 0.3) is 10.9 Å². The fraction of sp³-hybridized carbons (Fsp3) is 0.438. The fourth-order valence-corrected chi connectivity index (χ4v) is 3.02. The van der Waals surface area contributed by atoms with Crippen LogP contribution in [0.5, 0.6) is 0 Å². The lowest BCUT2D eigenvalue weighted by molar-refractivity contribution is -0.147. The van der Waals surface area contributed by atoms with E-state index in [-0.39, 0.29) is 13.2 Å². The summed E-state index contributed by atoms with van der Waals surface area (Å²) in [6.45, 7) is 0.394. The predicted molar refractivity (Wildman–Crippen MR) is 81.0 cm³/mol. The molecule has 0 saturated carbocycles. The van der Waals surface area contributed by atoms with Gasteiger partial charge in [0.1, 0.15) is 12.2 Å². The second kappa shape index (κ2) is 6.28. The number of aliphatic hydroxyl groups excluding tert-OH is 4. The summed E-state index contributed by atoms with van der Waals surface area (Å²) in [4.78, 5) is 6.06. The lowest BCUT2D eigenvalue weighted by Crippen LogP contribution is -2.62. The number of pyridine rings is 1. The maximum absolute atomic E-state index is 10.0. The van der Waals surface area contributed by atoms with Gasteiger partial charge in [0, 0.05) is 24.7 Å². The SMILES string of the molecule is OC[C@H]1[C@@H](O)[C@H](O)[C@@H](O)CN1Cc1ccc2ncccc2c1. The van der Waals surface area contributed by atoms with E-state index in [0.717, 1.165) is 16.5 Å². The highest BCUT2D eigenvalue weighted by molar-refractivity contribution is 5.78. The van der Waals surface area contributed by atoms with E-state index in [0.29, 0.717) is 6.54 Å². The minimum atomic E-state index is -1.23. The van der Waals surface area contributed by atoms with Crippen molar-refractivity contribution in [3.63, 3.8) is 0 Å². The van der Waals surface area contributed by atoms with E-state index in [1.807, 2.05) is 30.3 Å². The summed E-state index contributed by atoms with van der Waals surface area (Å²) < 4.78 is 0. The zero-order valence-corrected chi connectivity index (χ0v) is 12.1. The monoisotopic (exact) mass is 304 g/mol. The molecule has 6 heteroatoms. The van der Waals surface area contributed by atoms with Gasteiger partial charge in [0.25, 0.3) is 0 Å². The lowest BCUT2D eigenvalue weighted by Gasteiger charge is -2.43. The summed E-state index contributed by atoms with van der Waals surface area (Å²) in [5.41, 5.74) is 1.90. The van der Waals surface area contributed by atoms with Crippen LogP contribution in [-0.2, 0) is 6.54 Å². The normalized spacial score (nSPS) is 29.8. The quantitative estimate of drug-likeness (QED) is 0.610.